The Balaban J connectivity index is 2.37. The molecule has 0 aliphatic heterocycles. The summed E-state index contributed by atoms with van der Waals surface area (Å²) in [5, 5.41) is 0.196. The molecule has 0 spiro atoms. The zero-order chi connectivity index (χ0) is 12.3. The zero-order valence-corrected chi connectivity index (χ0v) is 9.89. The lowest BCUT2D eigenvalue weighted by molar-refractivity contribution is 0.0520. The van der Waals surface area contributed by atoms with E-state index in [0.717, 1.165) is 0 Å². The second-order valence-electron chi connectivity index (χ2n) is 3.16. The summed E-state index contributed by atoms with van der Waals surface area (Å²) in [5.74, 6) is 0.0627. The molecule has 2 rings (SSSR count). The highest BCUT2D eigenvalue weighted by molar-refractivity contribution is 6.32. The van der Waals surface area contributed by atoms with Crippen molar-refractivity contribution < 1.29 is 9.53 Å². The lowest BCUT2D eigenvalue weighted by Gasteiger charge is -2.02. The fourth-order valence-corrected chi connectivity index (χ4v) is 1.58. The molecule has 0 bridgehead atoms. The third-order valence-corrected chi connectivity index (χ3v) is 2.44. The molecule has 0 N–H and O–H groups in total. The minimum absolute atomic E-state index is 0.0965. The molecule has 0 saturated heterocycles. The van der Waals surface area contributed by atoms with E-state index in [-0.39, 0.29) is 17.5 Å². The van der Waals surface area contributed by atoms with Gasteiger partial charge in [0.15, 0.2) is 5.69 Å². The first-order chi connectivity index (χ1) is 8.24. The number of carbonyl (C=O) groups excluding carboxylic acids is 1. The maximum absolute atomic E-state index is 11.5. The van der Waals surface area contributed by atoms with Gasteiger partial charge in [-0.3, -0.25) is 4.57 Å². The number of rotatable bonds is 3. The van der Waals surface area contributed by atoms with Gasteiger partial charge in [0.2, 0.25) is 0 Å². The standard InChI is InChI=1S/C11H10ClN3O2/c1-2-17-11(16)9-10(12)15(7-14-9)8-5-3-4-6-13-8/h3-7H,2H2,1H3. The van der Waals surface area contributed by atoms with Crippen LogP contribution in [-0.4, -0.2) is 27.1 Å². The molecular formula is C11H10ClN3O2. The number of pyridine rings is 1. The summed E-state index contributed by atoms with van der Waals surface area (Å²) in [5.41, 5.74) is 0.0965. The number of nitrogens with zero attached hydrogens (tertiary/aromatic N) is 3. The van der Waals surface area contributed by atoms with E-state index in [9.17, 15) is 4.79 Å². The summed E-state index contributed by atoms with van der Waals surface area (Å²) >= 11 is 6.05. The van der Waals surface area contributed by atoms with Gasteiger partial charge in [-0.2, -0.15) is 0 Å². The quantitative estimate of drug-likeness (QED) is 0.784. The summed E-state index contributed by atoms with van der Waals surface area (Å²) in [6, 6.07) is 5.38. The lowest BCUT2D eigenvalue weighted by atomic mass is 10.4. The van der Waals surface area contributed by atoms with Crippen LogP contribution in [0.25, 0.3) is 5.82 Å². The largest absolute Gasteiger partial charge is 0.461 e. The lowest BCUT2D eigenvalue weighted by Crippen LogP contribution is -2.06. The van der Waals surface area contributed by atoms with Crippen molar-refractivity contribution in [2.24, 2.45) is 0 Å². The molecule has 2 aromatic rings. The smallest absolute Gasteiger partial charge is 0.360 e. The molecule has 6 heteroatoms. The van der Waals surface area contributed by atoms with E-state index in [1.807, 2.05) is 6.07 Å². The van der Waals surface area contributed by atoms with Crippen molar-refractivity contribution in [2.75, 3.05) is 6.61 Å². The van der Waals surface area contributed by atoms with Crippen molar-refractivity contribution >= 4 is 17.6 Å². The molecular weight excluding hydrogens is 242 g/mol. The van der Waals surface area contributed by atoms with Crippen LogP contribution in [0.1, 0.15) is 17.4 Å². The van der Waals surface area contributed by atoms with Crippen LogP contribution in [0.15, 0.2) is 30.7 Å². The number of hydrogen-bond donors (Lipinski definition) is 0. The van der Waals surface area contributed by atoms with E-state index in [2.05, 4.69) is 9.97 Å². The maximum Gasteiger partial charge on any atom is 0.360 e. The van der Waals surface area contributed by atoms with Gasteiger partial charge in [-0.1, -0.05) is 17.7 Å². The van der Waals surface area contributed by atoms with E-state index < -0.39 is 5.97 Å². The molecule has 2 aromatic heterocycles. The van der Waals surface area contributed by atoms with Gasteiger partial charge in [0.25, 0.3) is 0 Å². The Morgan fingerprint density at radius 2 is 2.29 bits per heavy atom. The molecule has 17 heavy (non-hydrogen) atoms. The van der Waals surface area contributed by atoms with E-state index in [1.54, 1.807) is 25.3 Å². The molecule has 0 amide bonds. The summed E-state index contributed by atoms with van der Waals surface area (Å²) in [7, 11) is 0. The molecule has 0 aliphatic rings. The van der Waals surface area contributed by atoms with Gasteiger partial charge < -0.3 is 4.74 Å². The van der Waals surface area contributed by atoms with Gasteiger partial charge in [-0.15, -0.1) is 0 Å². The summed E-state index contributed by atoms with van der Waals surface area (Å²) in [6.45, 7) is 2.01. The van der Waals surface area contributed by atoms with Gasteiger partial charge in [-0.05, 0) is 19.1 Å². The number of esters is 1. The summed E-state index contributed by atoms with van der Waals surface area (Å²) in [6.07, 6.45) is 3.08. The topological polar surface area (TPSA) is 57.0 Å². The average molecular weight is 252 g/mol. The molecule has 0 radical (unpaired) electrons. The zero-order valence-electron chi connectivity index (χ0n) is 9.13. The number of imidazole rings is 1. The Bertz CT molecular complexity index is 525. The van der Waals surface area contributed by atoms with E-state index >= 15 is 0 Å². The van der Waals surface area contributed by atoms with Crippen LogP contribution in [0.4, 0.5) is 0 Å². The van der Waals surface area contributed by atoms with Crippen LogP contribution in [0.3, 0.4) is 0 Å². The highest BCUT2D eigenvalue weighted by Gasteiger charge is 2.18. The molecule has 0 atom stereocenters. The Kier molecular flexibility index (Phi) is 3.39. The van der Waals surface area contributed by atoms with Gasteiger partial charge in [-0.25, -0.2) is 14.8 Å². The first-order valence-electron chi connectivity index (χ1n) is 5.05. The van der Waals surface area contributed by atoms with Gasteiger partial charge in [0.05, 0.1) is 6.61 Å². The molecule has 0 saturated carbocycles. The first-order valence-corrected chi connectivity index (χ1v) is 5.43. The van der Waals surface area contributed by atoms with E-state index in [0.29, 0.717) is 5.82 Å². The highest BCUT2D eigenvalue weighted by atomic mass is 35.5. The number of halogens is 1. The second-order valence-corrected chi connectivity index (χ2v) is 3.52. The SMILES string of the molecule is CCOC(=O)c1ncn(-c2ccccn2)c1Cl. The highest BCUT2D eigenvalue weighted by Crippen LogP contribution is 2.19. The molecule has 5 nitrogen and oxygen atoms in total. The van der Waals surface area contributed by atoms with E-state index in [4.69, 9.17) is 16.3 Å². The predicted molar refractivity (Wildman–Crippen MR) is 62.3 cm³/mol. The van der Waals surface area contributed by atoms with Crippen LogP contribution in [-0.2, 0) is 4.74 Å². The van der Waals surface area contributed by atoms with Crippen molar-refractivity contribution in [3.63, 3.8) is 0 Å². The van der Waals surface area contributed by atoms with Crippen LogP contribution in [0.5, 0.6) is 0 Å². The third-order valence-electron chi connectivity index (χ3n) is 2.07. The Morgan fingerprint density at radius 1 is 1.47 bits per heavy atom. The molecule has 0 fully saturated rings. The fraction of sp³-hybridized carbons (Fsp3) is 0.182. The van der Waals surface area contributed by atoms with E-state index in [1.165, 1.54) is 10.9 Å². The van der Waals surface area contributed by atoms with Crippen molar-refractivity contribution in [3.05, 3.63) is 41.6 Å². The minimum Gasteiger partial charge on any atom is -0.461 e. The van der Waals surface area contributed by atoms with Crippen molar-refractivity contribution in [3.8, 4) is 5.82 Å². The molecule has 0 unspecified atom stereocenters. The fourth-order valence-electron chi connectivity index (χ4n) is 1.33. The number of hydrogen-bond acceptors (Lipinski definition) is 4. The van der Waals surface area contributed by atoms with Crippen molar-refractivity contribution in [2.45, 2.75) is 6.92 Å². The second kappa shape index (κ2) is 4.97. The molecule has 2 heterocycles. The average Bonchev–Trinajstić information content (AvgIpc) is 2.72. The maximum atomic E-state index is 11.5. The minimum atomic E-state index is -0.535. The normalized spacial score (nSPS) is 10.2. The summed E-state index contributed by atoms with van der Waals surface area (Å²) < 4.78 is 6.36. The van der Waals surface area contributed by atoms with Gasteiger partial charge in [0.1, 0.15) is 17.3 Å². The molecule has 0 aromatic carbocycles. The van der Waals surface area contributed by atoms with Crippen molar-refractivity contribution in [1.82, 2.24) is 14.5 Å². The van der Waals surface area contributed by atoms with Crippen LogP contribution < -0.4 is 0 Å². The summed E-state index contributed by atoms with van der Waals surface area (Å²) in [4.78, 5) is 19.5. The van der Waals surface area contributed by atoms with Crippen LogP contribution in [0, 0.1) is 0 Å². The van der Waals surface area contributed by atoms with Gasteiger partial charge in [0, 0.05) is 6.20 Å². The number of ether oxygens (including phenoxy) is 1. The Hall–Kier alpha value is -1.88. The van der Waals surface area contributed by atoms with Crippen molar-refractivity contribution in [1.29, 1.82) is 0 Å². The number of aromatic nitrogens is 3. The first kappa shape index (κ1) is 11.6. The van der Waals surface area contributed by atoms with Crippen LogP contribution in [0.2, 0.25) is 5.15 Å². The Labute approximate surface area is 103 Å². The van der Waals surface area contributed by atoms with Crippen LogP contribution >= 0.6 is 11.6 Å². The van der Waals surface area contributed by atoms with Gasteiger partial charge >= 0.3 is 5.97 Å². The monoisotopic (exact) mass is 251 g/mol. The molecule has 0 aliphatic carbocycles. The Morgan fingerprint density at radius 3 is 2.94 bits per heavy atom. The predicted octanol–water partition coefficient (Wildman–Crippen LogP) is 2.10. The molecule has 88 valence electrons. The third kappa shape index (κ3) is 2.29. The number of carbonyl (C=O) groups is 1.